The Hall–Kier alpha value is -1.44. The monoisotopic (exact) mass is 407 g/mol. The van der Waals surface area contributed by atoms with Crippen LogP contribution in [0.3, 0.4) is 0 Å². The summed E-state index contributed by atoms with van der Waals surface area (Å²) < 4.78 is 27.5. The Morgan fingerprint density at radius 1 is 1.21 bits per heavy atom. The lowest BCUT2D eigenvalue weighted by atomic mass is 9.88. The molecule has 2 aliphatic rings. The van der Waals surface area contributed by atoms with Crippen LogP contribution in [0.2, 0.25) is 0 Å². The van der Waals surface area contributed by atoms with E-state index in [4.69, 9.17) is 0 Å². The van der Waals surface area contributed by atoms with Crippen LogP contribution in [0.4, 0.5) is 0 Å². The Morgan fingerprint density at radius 2 is 1.93 bits per heavy atom. The Kier molecular flexibility index (Phi) is 6.78. The predicted octanol–water partition coefficient (Wildman–Crippen LogP) is 2.65. The number of aryl methyl sites for hydroxylation is 2. The molecule has 0 unspecified atom stereocenters. The van der Waals surface area contributed by atoms with Crippen LogP contribution < -0.4 is 5.32 Å². The Labute approximate surface area is 169 Å². The van der Waals surface area contributed by atoms with E-state index in [-0.39, 0.29) is 24.4 Å². The third-order valence-electron chi connectivity index (χ3n) is 6.04. The molecule has 6 nitrogen and oxygen atoms in total. The topological polar surface area (TPSA) is 69.7 Å². The van der Waals surface area contributed by atoms with Crippen molar-refractivity contribution in [2.45, 2.75) is 57.9 Å². The molecule has 1 N–H and O–H groups in total. The smallest absolute Gasteiger partial charge is 0.281 e. The third kappa shape index (κ3) is 4.58. The normalized spacial score (nSPS) is 21.9. The van der Waals surface area contributed by atoms with Gasteiger partial charge in [0.05, 0.1) is 12.0 Å². The maximum atomic E-state index is 12.9. The zero-order valence-electron chi connectivity index (χ0n) is 17.3. The highest BCUT2D eigenvalue weighted by Gasteiger charge is 2.34. The van der Waals surface area contributed by atoms with E-state index < -0.39 is 10.2 Å². The minimum atomic E-state index is -3.48. The number of hydrogen-bond donors (Lipinski definition) is 1. The molecule has 1 heterocycles. The fourth-order valence-corrected chi connectivity index (χ4v) is 5.47. The molecule has 0 saturated carbocycles. The van der Waals surface area contributed by atoms with Crippen molar-refractivity contribution in [3.63, 3.8) is 0 Å². The van der Waals surface area contributed by atoms with Crippen LogP contribution >= 0.6 is 0 Å². The molecule has 1 aromatic carbocycles. The molecule has 0 aromatic heterocycles. The largest absolute Gasteiger partial charge is 0.349 e. The number of rotatable bonds is 6. The predicted molar refractivity (Wildman–Crippen MR) is 111 cm³/mol. The Morgan fingerprint density at radius 3 is 2.61 bits per heavy atom. The van der Waals surface area contributed by atoms with Crippen molar-refractivity contribution in [2.75, 3.05) is 27.2 Å². The zero-order chi connectivity index (χ0) is 20.3. The van der Waals surface area contributed by atoms with Gasteiger partial charge in [-0.25, -0.2) is 0 Å². The van der Waals surface area contributed by atoms with Gasteiger partial charge in [0.25, 0.3) is 10.2 Å². The van der Waals surface area contributed by atoms with Gasteiger partial charge in [-0.1, -0.05) is 25.1 Å². The summed E-state index contributed by atoms with van der Waals surface area (Å²) in [7, 11) is -0.416. The number of fused-ring (bicyclic) bond motifs is 1. The van der Waals surface area contributed by atoms with Crippen LogP contribution in [0.5, 0.6) is 0 Å². The SMILES string of the molecule is CC[C@@H](NC(=O)[C@@H]1CCCN(S(=O)(=O)N(C)C)C1)c1ccc2c(c1)CCCC2. The summed E-state index contributed by atoms with van der Waals surface area (Å²) in [5, 5.41) is 3.19. The summed E-state index contributed by atoms with van der Waals surface area (Å²) in [6, 6.07) is 6.58. The summed E-state index contributed by atoms with van der Waals surface area (Å²) in [5.74, 6) is -0.335. The fraction of sp³-hybridized carbons (Fsp3) is 0.667. The molecule has 1 saturated heterocycles. The number of amides is 1. The van der Waals surface area contributed by atoms with Crippen LogP contribution in [0.25, 0.3) is 0 Å². The number of nitrogens with zero attached hydrogens (tertiary/aromatic N) is 2. The second-order valence-corrected chi connectivity index (χ2v) is 10.3. The van der Waals surface area contributed by atoms with Gasteiger partial charge in [-0.05, 0) is 61.6 Å². The van der Waals surface area contributed by atoms with Crippen molar-refractivity contribution in [3.8, 4) is 0 Å². The van der Waals surface area contributed by atoms with Crippen molar-refractivity contribution >= 4 is 16.1 Å². The molecule has 156 valence electrons. The second kappa shape index (κ2) is 8.93. The number of carbonyl (C=O) groups is 1. The van der Waals surface area contributed by atoms with E-state index in [2.05, 4.69) is 30.4 Å². The van der Waals surface area contributed by atoms with Gasteiger partial charge < -0.3 is 5.32 Å². The van der Waals surface area contributed by atoms with Crippen molar-refractivity contribution in [3.05, 3.63) is 34.9 Å². The first-order valence-corrected chi connectivity index (χ1v) is 11.8. The molecule has 0 spiro atoms. The van der Waals surface area contributed by atoms with Gasteiger partial charge >= 0.3 is 0 Å². The Bertz CT molecular complexity index is 807. The first kappa shape index (κ1) is 21.3. The van der Waals surface area contributed by atoms with E-state index in [0.717, 1.165) is 31.2 Å². The van der Waals surface area contributed by atoms with Crippen molar-refractivity contribution < 1.29 is 13.2 Å². The maximum absolute atomic E-state index is 12.9. The lowest BCUT2D eigenvalue weighted by molar-refractivity contribution is -0.126. The lowest BCUT2D eigenvalue weighted by Crippen LogP contribution is -2.49. The van der Waals surface area contributed by atoms with Crippen molar-refractivity contribution in [2.24, 2.45) is 5.92 Å². The zero-order valence-corrected chi connectivity index (χ0v) is 18.1. The first-order valence-electron chi connectivity index (χ1n) is 10.4. The summed E-state index contributed by atoms with van der Waals surface area (Å²) in [5.41, 5.74) is 4.01. The van der Waals surface area contributed by atoms with E-state index in [1.165, 1.54) is 46.7 Å². The Balaban J connectivity index is 1.68. The molecule has 1 aliphatic carbocycles. The average molecular weight is 408 g/mol. The van der Waals surface area contributed by atoms with Gasteiger partial charge in [0.1, 0.15) is 0 Å². The van der Waals surface area contributed by atoms with E-state index in [9.17, 15) is 13.2 Å². The summed E-state index contributed by atoms with van der Waals surface area (Å²) in [6.07, 6.45) is 7.01. The molecular weight excluding hydrogens is 374 g/mol. The van der Waals surface area contributed by atoms with Gasteiger partial charge in [0.2, 0.25) is 5.91 Å². The molecule has 7 heteroatoms. The maximum Gasteiger partial charge on any atom is 0.281 e. The van der Waals surface area contributed by atoms with Crippen LogP contribution in [-0.2, 0) is 27.8 Å². The molecule has 0 radical (unpaired) electrons. The summed E-state index contributed by atoms with van der Waals surface area (Å²) in [4.78, 5) is 12.9. The fourth-order valence-electron chi connectivity index (χ4n) is 4.28. The van der Waals surface area contributed by atoms with Gasteiger partial charge in [0.15, 0.2) is 0 Å². The minimum absolute atomic E-state index is 0.0273. The highest BCUT2D eigenvalue weighted by Crippen LogP contribution is 2.27. The van der Waals surface area contributed by atoms with Crippen molar-refractivity contribution in [1.29, 1.82) is 0 Å². The number of hydrogen-bond acceptors (Lipinski definition) is 3. The molecular formula is C21H33N3O3S. The van der Waals surface area contributed by atoms with Crippen LogP contribution in [0.1, 0.15) is 61.8 Å². The number of carbonyl (C=O) groups excluding carboxylic acids is 1. The quantitative estimate of drug-likeness (QED) is 0.788. The molecule has 1 aliphatic heterocycles. The van der Waals surface area contributed by atoms with Crippen molar-refractivity contribution in [1.82, 2.24) is 13.9 Å². The summed E-state index contributed by atoms with van der Waals surface area (Å²) in [6.45, 7) is 2.81. The highest BCUT2D eigenvalue weighted by molar-refractivity contribution is 7.86. The van der Waals surface area contributed by atoms with Gasteiger partial charge in [-0.3, -0.25) is 4.79 Å². The number of nitrogens with one attached hydrogen (secondary N) is 1. The number of benzene rings is 1. The minimum Gasteiger partial charge on any atom is -0.349 e. The molecule has 0 bridgehead atoms. The lowest BCUT2D eigenvalue weighted by Gasteiger charge is -2.33. The van der Waals surface area contributed by atoms with E-state index in [1.807, 2.05) is 0 Å². The summed E-state index contributed by atoms with van der Waals surface area (Å²) >= 11 is 0. The van der Waals surface area contributed by atoms with Gasteiger partial charge in [-0.2, -0.15) is 17.0 Å². The van der Waals surface area contributed by atoms with E-state index in [0.29, 0.717) is 13.0 Å². The number of piperidine rings is 1. The molecule has 28 heavy (non-hydrogen) atoms. The van der Waals surface area contributed by atoms with Gasteiger partial charge in [-0.15, -0.1) is 0 Å². The second-order valence-electron chi connectivity index (χ2n) is 8.19. The van der Waals surface area contributed by atoms with Crippen LogP contribution in [0.15, 0.2) is 18.2 Å². The van der Waals surface area contributed by atoms with E-state index in [1.54, 1.807) is 0 Å². The van der Waals surface area contributed by atoms with Gasteiger partial charge in [0, 0.05) is 27.2 Å². The highest BCUT2D eigenvalue weighted by atomic mass is 32.2. The molecule has 3 rings (SSSR count). The molecule has 2 atom stereocenters. The molecule has 1 amide bonds. The van der Waals surface area contributed by atoms with Crippen LogP contribution in [0, 0.1) is 5.92 Å². The molecule has 1 aromatic rings. The standard InChI is InChI=1S/C21H33N3O3S/c1-4-20(18-12-11-16-8-5-6-9-17(16)14-18)22-21(25)19-10-7-13-24(15-19)28(26,27)23(2)3/h11-12,14,19-20H,4-10,13,15H2,1-3H3,(H,22,25)/t19-,20-/m1/s1. The third-order valence-corrected chi connectivity index (χ3v) is 7.95. The molecule has 1 fully saturated rings. The van der Waals surface area contributed by atoms with Crippen LogP contribution in [-0.4, -0.2) is 50.1 Å². The average Bonchev–Trinajstić information content (AvgIpc) is 2.71. The van der Waals surface area contributed by atoms with E-state index >= 15 is 0 Å². The first-order chi connectivity index (χ1) is 13.3.